The highest BCUT2D eigenvalue weighted by atomic mass is 32.1. The first-order valence-electron chi connectivity index (χ1n) is 7.65. The Morgan fingerprint density at radius 1 is 1.20 bits per heavy atom. The van der Waals surface area contributed by atoms with Gasteiger partial charge in [0.15, 0.2) is 5.76 Å². The summed E-state index contributed by atoms with van der Waals surface area (Å²) in [7, 11) is 3.17. The molecule has 1 aliphatic heterocycles. The Kier molecular flexibility index (Phi) is 4.76. The molecule has 0 unspecified atom stereocenters. The molecule has 0 radical (unpaired) electrons. The normalized spacial score (nSPS) is 15.6. The lowest BCUT2D eigenvalue weighted by molar-refractivity contribution is -0.122. The maximum absolute atomic E-state index is 12.2. The molecule has 0 saturated carbocycles. The third-order valence-electron chi connectivity index (χ3n) is 3.76. The van der Waals surface area contributed by atoms with Crippen molar-refractivity contribution >= 4 is 29.4 Å². The summed E-state index contributed by atoms with van der Waals surface area (Å²) in [6.07, 6.45) is 1.53. The molecule has 1 fully saturated rings. The first-order chi connectivity index (χ1) is 12.1. The third kappa shape index (κ3) is 3.23. The zero-order chi connectivity index (χ0) is 18.0. The first-order valence-corrected chi connectivity index (χ1v) is 8.05. The summed E-state index contributed by atoms with van der Waals surface area (Å²) in [5.41, 5.74) is 0.775. The molecule has 1 aliphatic rings. The fraction of sp³-hybridized carbons (Fsp3) is 0.222. The quantitative estimate of drug-likeness (QED) is 0.602. The van der Waals surface area contributed by atoms with E-state index in [0.717, 1.165) is 5.56 Å². The monoisotopic (exact) mass is 359 g/mol. The van der Waals surface area contributed by atoms with Crippen molar-refractivity contribution in [2.45, 2.75) is 6.92 Å². The number of methoxy groups -OCH3 is 2. The van der Waals surface area contributed by atoms with Crippen LogP contribution < -0.4 is 9.47 Å². The molecule has 0 aliphatic carbocycles. The Bertz CT molecular complexity index is 855. The molecule has 1 amide bonds. The fourth-order valence-corrected chi connectivity index (χ4v) is 2.78. The Morgan fingerprint density at radius 3 is 2.64 bits per heavy atom. The van der Waals surface area contributed by atoms with Crippen molar-refractivity contribution in [2.75, 3.05) is 20.8 Å². The minimum atomic E-state index is -0.271. The van der Waals surface area contributed by atoms with Gasteiger partial charge in [-0.3, -0.25) is 9.69 Å². The van der Waals surface area contributed by atoms with E-state index in [-0.39, 0.29) is 16.8 Å². The molecule has 2 heterocycles. The van der Waals surface area contributed by atoms with Crippen LogP contribution in [0, 0.1) is 0 Å². The molecule has 7 heteroatoms. The van der Waals surface area contributed by atoms with Gasteiger partial charge in [-0.05, 0) is 43.4 Å². The van der Waals surface area contributed by atoms with Crippen LogP contribution in [0.3, 0.4) is 0 Å². The molecule has 6 nitrogen and oxygen atoms in total. The molecule has 1 aromatic carbocycles. The van der Waals surface area contributed by atoms with Crippen molar-refractivity contribution in [3.63, 3.8) is 0 Å². The number of ether oxygens (including phenoxy) is 3. The van der Waals surface area contributed by atoms with Crippen molar-refractivity contribution in [1.82, 2.24) is 4.90 Å². The molecule has 25 heavy (non-hydrogen) atoms. The van der Waals surface area contributed by atoms with Gasteiger partial charge >= 0.3 is 0 Å². The Labute approximate surface area is 150 Å². The predicted octanol–water partition coefficient (Wildman–Crippen LogP) is 3.47. The second-order valence-corrected chi connectivity index (χ2v) is 5.54. The molecule has 1 aromatic heterocycles. The zero-order valence-electron chi connectivity index (χ0n) is 14.1. The van der Waals surface area contributed by atoms with Crippen molar-refractivity contribution in [3.8, 4) is 22.8 Å². The minimum absolute atomic E-state index is 0.148. The van der Waals surface area contributed by atoms with Crippen LogP contribution in [0.15, 0.2) is 40.5 Å². The van der Waals surface area contributed by atoms with E-state index >= 15 is 0 Å². The average Bonchev–Trinajstić information content (AvgIpc) is 3.19. The molecule has 1 saturated heterocycles. The van der Waals surface area contributed by atoms with Crippen molar-refractivity contribution in [3.05, 3.63) is 41.9 Å². The molecule has 3 rings (SSSR count). The van der Waals surface area contributed by atoms with Crippen molar-refractivity contribution < 1.29 is 23.4 Å². The Balaban J connectivity index is 1.90. The largest absolute Gasteiger partial charge is 0.497 e. The number of thiocarbonyl (C=S) groups is 1. The van der Waals surface area contributed by atoms with E-state index in [1.165, 1.54) is 11.0 Å². The smallest absolute Gasteiger partial charge is 0.297 e. The van der Waals surface area contributed by atoms with Gasteiger partial charge in [-0.1, -0.05) is 0 Å². The number of amides is 1. The van der Waals surface area contributed by atoms with Crippen LogP contribution in [-0.2, 0) is 9.53 Å². The number of carbonyl (C=O) groups is 1. The Hall–Kier alpha value is -2.80. The van der Waals surface area contributed by atoms with Crippen molar-refractivity contribution in [1.29, 1.82) is 0 Å². The topological polar surface area (TPSA) is 61.1 Å². The van der Waals surface area contributed by atoms with Crippen LogP contribution in [0.25, 0.3) is 17.4 Å². The standard InChI is InChI=1S/C18H17NO5S/c1-4-19-17(20)16(24-18(19)25)10-12-6-8-14(23-12)13-7-5-11(21-2)9-15(13)22-3/h5-10H,4H2,1-3H3/b16-10-. The maximum Gasteiger partial charge on any atom is 0.297 e. The lowest BCUT2D eigenvalue weighted by Gasteiger charge is -2.08. The minimum Gasteiger partial charge on any atom is -0.497 e. The summed E-state index contributed by atoms with van der Waals surface area (Å²) in [6, 6.07) is 8.99. The van der Waals surface area contributed by atoms with Gasteiger partial charge in [-0.2, -0.15) is 0 Å². The number of furan rings is 1. The van der Waals surface area contributed by atoms with Gasteiger partial charge in [0.2, 0.25) is 0 Å². The van der Waals surface area contributed by atoms with Gasteiger partial charge in [0.25, 0.3) is 11.1 Å². The molecular weight excluding hydrogens is 342 g/mol. The second-order valence-electron chi connectivity index (χ2n) is 5.19. The van der Waals surface area contributed by atoms with Gasteiger partial charge < -0.3 is 18.6 Å². The number of hydrogen-bond donors (Lipinski definition) is 0. The summed E-state index contributed by atoms with van der Waals surface area (Å²) in [5, 5.41) is 0.155. The number of carbonyl (C=O) groups excluding carboxylic acids is 1. The van der Waals surface area contributed by atoms with E-state index in [1.807, 2.05) is 19.1 Å². The van der Waals surface area contributed by atoms with E-state index in [0.29, 0.717) is 29.6 Å². The number of hydrogen-bond acceptors (Lipinski definition) is 6. The number of nitrogens with zero attached hydrogens (tertiary/aromatic N) is 1. The summed E-state index contributed by atoms with van der Waals surface area (Å²) in [4.78, 5) is 13.6. The molecule has 0 bridgehead atoms. The first kappa shape index (κ1) is 17.0. The van der Waals surface area contributed by atoms with Crippen LogP contribution in [0.1, 0.15) is 12.7 Å². The Morgan fingerprint density at radius 2 is 2.00 bits per heavy atom. The number of benzene rings is 1. The predicted molar refractivity (Wildman–Crippen MR) is 96.3 cm³/mol. The highest BCUT2D eigenvalue weighted by Gasteiger charge is 2.32. The van der Waals surface area contributed by atoms with E-state index in [1.54, 1.807) is 32.4 Å². The molecule has 2 aromatic rings. The maximum atomic E-state index is 12.2. The summed E-state index contributed by atoms with van der Waals surface area (Å²) < 4.78 is 21.7. The average molecular weight is 359 g/mol. The van der Waals surface area contributed by atoms with Crippen LogP contribution in [0.2, 0.25) is 0 Å². The third-order valence-corrected chi connectivity index (χ3v) is 4.07. The summed E-state index contributed by atoms with van der Waals surface area (Å²) in [5.74, 6) is 2.28. The van der Waals surface area contributed by atoms with Crippen LogP contribution in [0.4, 0.5) is 0 Å². The van der Waals surface area contributed by atoms with Gasteiger partial charge in [0.05, 0.1) is 19.8 Å². The number of likely N-dealkylation sites (N-methyl/N-ethyl adjacent to an activating group) is 1. The van der Waals surface area contributed by atoms with E-state index in [4.69, 9.17) is 30.8 Å². The van der Waals surface area contributed by atoms with Crippen LogP contribution >= 0.6 is 12.2 Å². The lowest BCUT2D eigenvalue weighted by atomic mass is 10.1. The van der Waals surface area contributed by atoms with E-state index in [2.05, 4.69) is 0 Å². The second kappa shape index (κ2) is 6.98. The highest BCUT2D eigenvalue weighted by Crippen LogP contribution is 2.34. The van der Waals surface area contributed by atoms with Gasteiger partial charge in [0, 0.05) is 18.7 Å². The van der Waals surface area contributed by atoms with Gasteiger partial charge in [-0.15, -0.1) is 0 Å². The van der Waals surface area contributed by atoms with E-state index in [9.17, 15) is 4.79 Å². The van der Waals surface area contributed by atoms with E-state index < -0.39 is 0 Å². The zero-order valence-corrected chi connectivity index (χ0v) is 14.9. The number of rotatable bonds is 5. The molecule has 0 N–H and O–H groups in total. The van der Waals surface area contributed by atoms with Crippen LogP contribution in [-0.4, -0.2) is 36.7 Å². The molecule has 0 spiro atoms. The molecular formula is C18H17NO5S. The summed E-state index contributed by atoms with van der Waals surface area (Å²) >= 11 is 5.03. The fourth-order valence-electron chi connectivity index (χ4n) is 2.48. The van der Waals surface area contributed by atoms with Crippen LogP contribution in [0.5, 0.6) is 11.5 Å². The molecule has 0 atom stereocenters. The SMILES string of the molecule is CCN1C(=O)/C(=C/c2ccc(-c3ccc(OC)cc3OC)o2)OC1=S. The highest BCUT2D eigenvalue weighted by molar-refractivity contribution is 7.80. The van der Waals surface area contributed by atoms with Gasteiger partial charge in [-0.25, -0.2) is 0 Å². The molecule has 130 valence electrons. The lowest BCUT2D eigenvalue weighted by Crippen LogP contribution is -2.27. The van der Waals surface area contributed by atoms with Gasteiger partial charge in [0.1, 0.15) is 23.0 Å². The van der Waals surface area contributed by atoms with Crippen molar-refractivity contribution in [2.24, 2.45) is 0 Å². The summed E-state index contributed by atoms with van der Waals surface area (Å²) in [6.45, 7) is 2.29.